The third-order valence-corrected chi connectivity index (χ3v) is 12.4. The summed E-state index contributed by atoms with van der Waals surface area (Å²) in [5.74, 6) is 0. The fourth-order valence-electron chi connectivity index (χ4n) is 9.77. The number of benzene rings is 10. The van der Waals surface area contributed by atoms with Gasteiger partial charge in [-0.25, -0.2) is 0 Å². The van der Waals surface area contributed by atoms with Crippen molar-refractivity contribution in [1.82, 2.24) is 0 Å². The summed E-state index contributed by atoms with van der Waals surface area (Å²) in [5, 5.41) is 2.48. The summed E-state index contributed by atoms with van der Waals surface area (Å²) < 4.78 is 0. The van der Waals surface area contributed by atoms with Crippen LogP contribution in [0.2, 0.25) is 0 Å². The number of para-hydroxylation sites is 1. The van der Waals surface area contributed by atoms with Gasteiger partial charge in [0.05, 0.1) is 11.1 Å². The van der Waals surface area contributed by atoms with Gasteiger partial charge in [-0.3, -0.25) is 0 Å². The van der Waals surface area contributed by atoms with Crippen LogP contribution in [0, 0.1) is 0 Å². The molecule has 0 spiro atoms. The van der Waals surface area contributed by atoms with E-state index in [2.05, 4.69) is 254 Å². The summed E-state index contributed by atoms with van der Waals surface area (Å²) in [6.45, 7) is 0. The van der Waals surface area contributed by atoms with E-state index in [0.29, 0.717) is 0 Å². The molecule has 282 valence electrons. The number of hydrogen-bond acceptors (Lipinski definition) is 1. The minimum atomic E-state index is -0.527. The fourth-order valence-corrected chi connectivity index (χ4v) is 9.77. The highest BCUT2D eigenvalue weighted by atomic mass is 15.1. The molecule has 60 heavy (non-hydrogen) atoms. The summed E-state index contributed by atoms with van der Waals surface area (Å²) in [4.78, 5) is 2.48. The molecule has 0 N–H and O–H groups in total. The van der Waals surface area contributed by atoms with Crippen molar-refractivity contribution in [3.63, 3.8) is 0 Å². The Morgan fingerprint density at radius 1 is 0.283 bits per heavy atom. The molecule has 0 amide bonds. The van der Waals surface area contributed by atoms with Crippen molar-refractivity contribution in [2.24, 2.45) is 0 Å². The zero-order valence-electron chi connectivity index (χ0n) is 33.1. The molecule has 0 radical (unpaired) electrons. The lowest BCUT2D eigenvalue weighted by Crippen LogP contribution is -2.28. The van der Waals surface area contributed by atoms with Crippen molar-refractivity contribution < 1.29 is 0 Å². The standard InChI is InChI=1S/C59H41N/c1-4-20-42(21-5-1)50-31-12-13-32-52(50)55-34-15-17-37-58(55)60(47-29-18-24-44(40-47)51-35-19-23-43-22-10-11-30-49(43)51)48-38-39-54-53-33-14-16-36-56(53)59(57(54)41-48,45-25-6-2-7-26-45)46-27-8-3-9-28-46/h1-41H. The Morgan fingerprint density at radius 3 is 1.57 bits per heavy atom. The minimum absolute atomic E-state index is 0.527. The van der Waals surface area contributed by atoms with Gasteiger partial charge in [-0.2, -0.15) is 0 Å². The van der Waals surface area contributed by atoms with Gasteiger partial charge in [0.1, 0.15) is 0 Å². The third-order valence-electron chi connectivity index (χ3n) is 12.4. The zero-order chi connectivity index (χ0) is 39.9. The van der Waals surface area contributed by atoms with Crippen LogP contribution in [-0.4, -0.2) is 0 Å². The van der Waals surface area contributed by atoms with E-state index in [0.717, 1.165) is 22.6 Å². The average molecular weight is 764 g/mol. The van der Waals surface area contributed by atoms with Crippen LogP contribution in [0.3, 0.4) is 0 Å². The van der Waals surface area contributed by atoms with E-state index >= 15 is 0 Å². The van der Waals surface area contributed by atoms with E-state index in [9.17, 15) is 0 Å². The maximum absolute atomic E-state index is 2.48. The molecule has 0 heterocycles. The molecule has 0 saturated carbocycles. The van der Waals surface area contributed by atoms with Gasteiger partial charge in [0.25, 0.3) is 0 Å². The first-order valence-electron chi connectivity index (χ1n) is 20.8. The smallest absolute Gasteiger partial charge is 0.0714 e. The maximum Gasteiger partial charge on any atom is 0.0714 e. The highest BCUT2D eigenvalue weighted by molar-refractivity contribution is 5.99. The Morgan fingerprint density at radius 2 is 0.800 bits per heavy atom. The highest BCUT2D eigenvalue weighted by Crippen LogP contribution is 2.57. The molecule has 1 aliphatic rings. The number of rotatable bonds is 8. The molecule has 1 aliphatic carbocycles. The van der Waals surface area contributed by atoms with Crippen LogP contribution in [0.1, 0.15) is 22.3 Å². The molecule has 1 heteroatoms. The van der Waals surface area contributed by atoms with Crippen molar-refractivity contribution in [1.29, 1.82) is 0 Å². The van der Waals surface area contributed by atoms with Gasteiger partial charge in [0, 0.05) is 16.9 Å². The van der Waals surface area contributed by atoms with Gasteiger partial charge in [-0.05, 0) is 102 Å². The van der Waals surface area contributed by atoms with Gasteiger partial charge in [-0.1, -0.05) is 218 Å². The lowest BCUT2D eigenvalue weighted by Gasteiger charge is -2.35. The summed E-state index contributed by atoms with van der Waals surface area (Å²) in [5.41, 5.74) is 17.5. The first-order chi connectivity index (χ1) is 29.8. The van der Waals surface area contributed by atoms with E-state index < -0.39 is 5.41 Å². The minimum Gasteiger partial charge on any atom is -0.310 e. The van der Waals surface area contributed by atoms with E-state index in [-0.39, 0.29) is 0 Å². The second-order valence-electron chi connectivity index (χ2n) is 15.6. The second-order valence-corrected chi connectivity index (χ2v) is 15.6. The molecule has 10 aromatic rings. The topological polar surface area (TPSA) is 3.24 Å². The number of hydrogen-bond donors (Lipinski definition) is 0. The molecule has 0 unspecified atom stereocenters. The average Bonchev–Trinajstić information content (AvgIpc) is 3.63. The zero-order valence-corrected chi connectivity index (χ0v) is 33.1. The largest absolute Gasteiger partial charge is 0.310 e. The predicted octanol–water partition coefficient (Wildman–Crippen LogP) is 15.7. The van der Waals surface area contributed by atoms with Crippen LogP contribution in [0.4, 0.5) is 17.1 Å². The van der Waals surface area contributed by atoms with E-state index in [1.54, 1.807) is 0 Å². The van der Waals surface area contributed by atoms with Crippen LogP contribution in [0.5, 0.6) is 0 Å². The first kappa shape index (κ1) is 35.4. The molecule has 0 fully saturated rings. The van der Waals surface area contributed by atoms with E-state index in [4.69, 9.17) is 0 Å². The monoisotopic (exact) mass is 763 g/mol. The number of fused-ring (bicyclic) bond motifs is 4. The summed E-state index contributed by atoms with van der Waals surface area (Å²) >= 11 is 0. The van der Waals surface area contributed by atoms with Crippen molar-refractivity contribution in [3.05, 3.63) is 271 Å². The van der Waals surface area contributed by atoms with Crippen LogP contribution in [0.25, 0.3) is 55.3 Å². The lowest BCUT2D eigenvalue weighted by molar-refractivity contribution is 0.768. The van der Waals surface area contributed by atoms with Crippen LogP contribution >= 0.6 is 0 Å². The molecule has 10 aromatic carbocycles. The van der Waals surface area contributed by atoms with Gasteiger partial charge >= 0.3 is 0 Å². The van der Waals surface area contributed by atoms with Crippen molar-refractivity contribution in [2.75, 3.05) is 4.90 Å². The van der Waals surface area contributed by atoms with Crippen molar-refractivity contribution in [3.8, 4) is 44.5 Å². The highest BCUT2D eigenvalue weighted by Gasteiger charge is 2.46. The normalized spacial score (nSPS) is 12.5. The molecule has 1 nitrogen and oxygen atoms in total. The van der Waals surface area contributed by atoms with Gasteiger partial charge in [-0.15, -0.1) is 0 Å². The van der Waals surface area contributed by atoms with Crippen molar-refractivity contribution in [2.45, 2.75) is 5.41 Å². The molecule has 0 atom stereocenters. The van der Waals surface area contributed by atoms with E-state index in [1.807, 2.05) is 0 Å². The Kier molecular flexibility index (Phi) is 8.79. The Bertz CT molecular complexity index is 3100. The SMILES string of the molecule is c1ccc(-c2ccccc2-c2ccccc2N(c2cccc(-c3cccc4ccccc34)c2)c2ccc3c(c2)C(c2ccccc2)(c2ccccc2)c2ccccc2-3)cc1. The van der Waals surface area contributed by atoms with E-state index in [1.165, 1.54) is 72.0 Å². The van der Waals surface area contributed by atoms with Gasteiger partial charge in [0.15, 0.2) is 0 Å². The first-order valence-corrected chi connectivity index (χ1v) is 20.8. The fraction of sp³-hybridized carbons (Fsp3) is 0.0169. The summed E-state index contributed by atoms with van der Waals surface area (Å²) in [6, 6.07) is 91.1. The third kappa shape index (κ3) is 5.78. The molecule has 0 aromatic heterocycles. The van der Waals surface area contributed by atoms with Crippen LogP contribution in [0.15, 0.2) is 249 Å². The van der Waals surface area contributed by atoms with Crippen molar-refractivity contribution >= 4 is 27.8 Å². The summed E-state index contributed by atoms with van der Waals surface area (Å²) in [6.07, 6.45) is 0. The Balaban J connectivity index is 1.19. The lowest BCUT2D eigenvalue weighted by atomic mass is 9.67. The number of nitrogens with zero attached hydrogens (tertiary/aromatic N) is 1. The molecule has 0 bridgehead atoms. The quantitative estimate of drug-likeness (QED) is 0.149. The molecule has 0 saturated heterocycles. The number of anilines is 3. The van der Waals surface area contributed by atoms with Crippen LogP contribution < -0.4 is 4.90 Å². The maximum atomic E-state index is 2.48. The van der Waals surface area contributed by atoms with Gasteiger partial charge in [0.2, 0.25) is 0 Å². The second kappa shape index (κ2) is 14.9. The Hall–Kier alpha value is -7.74. The predicted molar refractivity (Wildman–Crippen MR) is 252 cm³/mol. The van der Waals surface area contributed by atoms with Gasteiger partial charge < -0.3 is 4.90 Å². The molecular formula is C59H41N. The molecule has 11 rings (SSSR count). The Labute approximate surface area is 352 Å². The molecular weight excluding hydrogens is 723 g/mol. The summed E-state index contributed by atoms with van der Waals surface area (Å²) in [7, 11) is 0. The van der Waals surface area contributed by atoms with Crippen LogP contribution in [-0.2, 0) is 5.41 Å². The molecule has 0 aliphatic heterocycles.